The van der Waals surface area contributed by atoms with Crippen LogP contribution in [0.25, 0.3) is 10.6 Å². The lowest BCUT2D eigenvalue weighted by atomic mass is 9.95. The first-order valence-electron chi connectivity index (χ1n) is 10.4. The molecule has 1 N–H and O–H groups in total. The van der Waals surface area contributed by atoms with E-state index in [9.17, 15) is 4.79 Å². The smallest absolute Gasteiger partial charge is 0.223 e. The van der Waals surface area contributed by atoms with Crippen molar-refractivity contribution in [2.45, 2.75) is 38.6 Å². The van der Waals surface area contributed by atoms with Crippen molar-refractivity contribution in [3.63, 3.8) is 0 Å². The summed E-state index contributed by atoms with van der Waals surface area (Å²) in [5, 5.41) is 14.0. The van der Waals surface area contributed by atoms with Gasteiger partial charge in [0.05, 0.1) is 4.88 Å². The highest BCUT2D eigenvalue weighted by Crippen LogP contribution is 2.25. The molecule has 0 spiro atoms. The molecule has 2 fully saturated rings. The number of piperidine rings is 1. The molecule has 4 heterocycles. The van der Waals surface area contributed by atoms with Crippen LogP contribution in [0, 0.1) is 5.92 Å². The Balaban J connectivity index is 1.25. The molecule has 0 aliphatic carbocycles. The van der Waals surface area contributed by atoms with Gasteiger partial charge in [-0.25, -0.2) is 0 Å². The Bertz CT molecular complexity index is 756. The predicted octanol–water partition coefficient (Wildman–Crippen LogP) is 3.02. The highest BCUT2D eigenvalue weighted by atomic mass is 32.1. The van der Waals surface area contributed by atoms with Gasteiger partial charge < -0.3 is 10.2 Å². The van der Waals surface area contributed by atoms with Gasteiger partial charge in [0.15, 0.2) is 5.82 Å². The van der Waals surface area contributed by atoms with Crippen LogP contribution < -0.4 is 10.2 Å². The minimum Gasteiger partial charge on any atom is -0.355 e. The van der Waals surface area contributed by atoms with Crippen molar-refractivity contribution in [3.8, 4) is 10.6 Å². The van der Waals surface area contributed by atoms with Gasteiger partial charge in [0.2, 0.25) is 5.91 Å². The lowest BCUT2D eigenvalue weighted by Crippen LogP contribution is -2.45. The number of aromatic nitrogens is 2. The molecule has 1 amide bonds. The number of hydrogen-bond donors (Lipinski definition) is 1. The lowest BCUT2D eigenvalue weighted by Gasteiger charge is -2.32. The molecule has 0 aromatic carbocycles. The number of likely N-dealkylation sites (N-methyl/N-ethyl adjacent to an activating group) is 1. The molecule has 1 unspecified atom stereocenters. The second-order valence-electron chi connectivity index (χ2n) is 7.69. The molecule has 4 rings (SSSR count). The molecule has 0 bridgehead atoms. The molecular weight excluding hydrogens is 370 g/mol. The number of thiophene rings is 1. The van der Waals surface area contributed by atoms with Crippen molar-refractivity contribution in [1.29, 1.82) is 0 Å². The second kappa shape index (κ2) is 9.01. The van der Waals surface area contributed by atoms with E-state index in [1.54, 1.807) is 11.3 Å². The largest absolute Gasteiger partial charge is 0.355 e. The first-order chi connectivity index (χ1) is 13.7. The van der Waals surface area contributed by atoms with Crippen LogP contribution >= 0.6 is 11.3 Å². The van der Waals surface area contributed by atoms with E-state index in [0.717, 1.165) is 55.4 Å². The van der Waals surface area contributed by atoms with E-state index in [1.807, 2.05) is 23.6 Å². The molecular formula is C21H29N5OS. The summed E-state index contributed by atoms with van der Waals surface area (Å²) in [7, 11) is 0. The number of hydrogen-bond acceptors (Lipinski definition) is 6. The third-order valence-corrected chi connectivity index (χ3v) is 6.92. The minimum absolute atomic E-state index is 0.117. The topological polar surface area (TPSA) is 61.4 Å². The zero-order chi connectivity index (χ0) is 19.3. The first-order valence-corrected chi connectivity index (χ1v) is 11.3. The number of carbonyl (C=O) groups is 1. The maximum absolute atomic E-state index is 12.6. The molecule has 150 valence electrons. The normalized spacial score (nSPS) is 21.2. The van der Waals surface area contributed by atoms with Gasteiger partial charge in [-0.05, 0) is 62.4 Å². The van der Waals surface area contributed by atoms with Crippen LogP contribution in [0.5, 0.6) is 0 Å². The summed E-state index contributed by atoms with van der Waals surface area (Å²) in [6, 6.07) is 8.68. The summed E-state index contributed by atoms with van der Waals surface area (Å²) < 4.78 is 0. The third kappa shape index (κ3) is 4.36. The van der Waals surface area contributed by atoms with Crippen molar-refractivity contribution in [2.75, 3.05) is 37.6 Å². The summed E-state index contributed by atoms with van der Waals surface area (Å²) in [6.45, 7) is 6.95. The highest BCUT2D eigenvalue weighted by molar-refractivity contribution is 7.13. The van der Waals surface area contributed by atoms with Gasteiger partial charge in [-0.2, -0.15) is 0 Å². The van der Waals surface area contributed by atoms with Gasteiger partial charge in [-0.1, -0.05) is 13.0 Å². The number of likely N-dealkylation sites (tertiary alicyclic amines) is 1. The quantitative estimate of drug-likeness (QED) is 0.809. The Morgan fingerprint density at radius 2 is 2.04 bits per heavy atom. The number of nitrogens with zero attached hydrogens (tertiary/aromatic N) is 4. The number of anilines is 1. The van der Waals surface area contributed by atoms with Crippen LogP contribution in [-0.4, -0.2) is 59.8 Å². The number of nitrogens with one attached hydrogen (secondary N) is 1. The van der Waals surface area contributed by atoms with Gasteiger partial charge >= 0.3 is 0 Å². The van der Waals surface area contributed by atoms with Crippen LogP contribution in [0.15, 0.2) is 29.6 Å². The van der Waals surface area contributed by atoms with E-state index < -0.39 is 0 Å². The Labute approximate surface area is 171 Å². The van der Waals surface area contributed by atoms with Gasteiger partial charge in [-0.3, -0.25) is 9.69 Å². The van der Waals surface area contributed by atoms with Crippen molar-refractivity contribution >= 4 is 23.1 Å². The molecule has 1 atom stereocenters. The number of carbonyl (C=O) groups excluding carboxylic acids is 1. The zero-order valence-electron chi connectivity index (χ0n) is 16.5. The number of amides is 1. The van der Waals surface area contributed by atoms with Crippen LogP contribution in [0.3, 0.4) is 0 Å². The molecule has 28 heavy (non-hydrogen) atoms. The molecule has 6 nitrogen and oxygen atoms in total. The van der Waals surface area contributed by atoms with Crippen molar-refractivity contribution < 1.29 is 4.79 Å². The van der Waals surface area contributed by atoms with Crippen LogP contribution in [0.1, 0.15) is 32.6 Å². The van der Waals surface area contributed by atoms with Gasteiger partial charge in [0.1, 0.15) is 5.69 Å². The SMILES string of the molecule is CCN1CCCC1CNC(=O)C1CCN(c2ccc(-c3cccs3)nn2)CC1. The van der Waals surface area contributed by atoms with Crippen LogP contribution in [0.2, 0.25) is 0 Å². The maximum atomic E-state index is 12.6. The fraction of sp³-hybridized carbons (Fsp3) is 0.571. The average molecular weight is 400 g/mol. The van der Waals surface area contributed by atoms with Crippen LogP contribution in [0.4, 0.5) is 5.82 Å². The fourth-order valence-electron chi connectivity index (χ4n) is 4.33. The summed E-state index contributed by atoms with van der Waals surface area (Å²) in [4.78, 5) is 18.4. The predicted molar refractivity (Wildman–Crippen MR) is 114 cm³/mol. The second-order valence-corrected chi connectivity index (χ2v) is 8.63. The molecule has 2 aliphatic rings. The van der Waals surface area contributed by atoms with E-state index in [-0.39, 0.29) is 11.8 Å². The molecule has 7 heteroatoms. The Morgan fingerprint density at radius 1 is 1.18 bits per heavy atom. The summed E-state index contributed by atoms with van der Waals surface area (Å²) in [5.74, 6) is 1.25. The van der Waals surface area contributed by atoms with E-state index in [0.29, 0.717) is 6.04 Å². The van der Waals surface area contributed by atoms with Gasteiger partial charge in [-0.15, -0.1) is 21.5 Å². The Morgan fingerprint density at radius 3 is 2.71 bits per heavy atom. The zero-order valence-corrected chi connectivity index (χ0v) is 17.3. The minimum atomic E-state index is 0.117. The van der Waals surface area contributed by atoms with E-state index in [1.165, 1.54) is 19.4 Å². The summed E-state index contributed by atoms with van der Waals surface area (Å²) >= 11 is 1.67. The molecule has 2 saturated heterocycles. The Kier molecular flexibility index (Phi) is 6.22. The monoisotopic (exact) mass is 399 g/mol. The highest BCUT2D eigenvalue weighted by Gasteiger charge is 2.28. The maximum Gasteiger partial charge on any atom is 0.223 e. The molecule has 0 radical (unpaired) electrons. The summed E-state index contributed by atoms with van der Waals surface area (Å²) in [6.07, 6.45) is 4.20. The van der Waals surface area contributed by atoms with Crippen molar-refractivity contribution in [3.05, 3.63) is 29.6 Å². The fourth-order valence-corrected chi connectivity index (χ4v) is 5.02. The molecule has 0 saturated carbocycles. The third-order valence-electron chi connectivity index (χ3n) is 6.03. The molecule has 2 aromatic rings. The number of rotatable bonds is 6. The van der Waals surface area contributed by atoms with E-state index in [2.05, 4.69) is 38.3 Å². The van der Waals surface area contributed by atoms with E-state index >= 15 is 0 Å². The lowest BCUT2D eigenvalue weighted by molar-refractivity contribution is -0.125. The van der Waals surface area contributed by atoms with Crippen molar-refractivity contribution in [2.24, 2.45) is 5.92 Å². The van der Waals surface area contributed by atoms with Gasteiger partial charge in [0.25, 0.3) is 0 Å². The molecule has 2 aliphatic heterocycles. The van der Waals surface area contributed by atoms with Crippen LogP contribution in [-0.2, 0) is 4.79 Å². The van der Waals surface area contributed by atoms with Gasteiger partial charge in [0, 0.05) is 31.6 Å². The summed E-state index contributed by atoms with van der Waals surface area (Å²) in [5.41, 5.74) is 0.918. The molecule has 2 aromatic heterocycles. The van der Waals surface area contributed by atoms with E-state index in [4.69, 9.17) is 0 Å². The standard InChI is InChI=1S/C21H29N5OS/c1-2-25-11-3-5-17(25)15-22-21(27)16-9-12-26(13-10-16)20-8-7-18(23-24-20)19-6-4-14-28-19/h4,6-8,14,16-17H,2-3,5,9-13,15H2,1H3,(H,22,27). The Hall–Kier alpha value is -1.99. The van der Waals surface area contributed by atoms with Crippen molar-refractivity contribution in [1.82, 2.24) is 20.4 Å². The first kappa shape index (κ1) is 19.3. The average Bonchev–Trinajstić information content (AvgIpc) is 3.44.